The van der Waals surface area contributed by atoms with Gasteiger partial charge in [-0.05, 0) is 25.8 Å². The number of pyridine rings is 1. The van der Waals surface area contributed by atoms with Crippen molar-refractivity contribution in [1.29, 1.82) is 0 Å². The zero-order valence-corrected chi connectivity index (χ0v) is 12.2. The van der Waals surface area contributed by atoms with Crippen LogP contribution in [-0.2, 0) is 9.84 Å². The van der Waals surface area contributed by atoms with E-state index in [1.54, 1.807) is 18.5 Å². The SMILES string of the molecule is CCNc1cnccc1C(=O)NC1CCS(=O)(=O)CC1. The number of aromatic nitrogens is 1. The van der Waals surface area contributed by atoms with E-state index in [9.17, 15) is 13.2 Å². The summed E-state index contributed by atoms with van der Waals surface area (Å²) < 4.78 is 22.7. The van der Waals surface area contributed by atoms with Gasteiger partial charge in [-0.25, -0.2) is 8.42 Å². The number of carbonyl (C=O) groups excluding carboxylic acids is 1. The fourth-order valence-corrected chi connectivity index (χ4v) is 3.71. The number of nitrogens with one attached hydrogen (secondary N) is 2. The molecule has 7 heteroatoms. The van der Waals surface area contributed by atoms with Crippen molar-refractivity contribution in [2.75, 3.05) is 23.4 Å². The van der Waals surface area contributed by atoms with Gasteiger partial charge in [-0.1, -0.05) is 0 Å². The summed E-state index contributed by atoms with van der Waals surface area (Å²) in [4.78, 5) is 16.2. The monoisotopic (exact) mass is 297 g/mol. The Bertz CT molecular complexity index is 572. The molecule has 1 fully saturated rings. The third-order valence-corrected chi connectivity index (χ3v) is 5.04. The van der Waals surface area contributed by atoms with E-state index in [1.807, 2.05) is 6.92 Å². The summed E-state index contributed by atoms with van der Waals surface area (Å²) in [6.07, 6.45) is 4.15. The van der Waals surface area contributed by atoms with E-state index in [2.05, 4.69) is 15.6 Å². The third-order valence-electron chi connectivity index (χ3n) is 3.32. The van der Waals surface area contributed by atoms with Crippen LogP contribution in [0.2, 0.25) is 0 Å². The predicted octanol–water partition coefficient (Wildman–Crippen LogP) is 0.820. The highest BCUT2D eigenvalue weighted by Crippen LogP contribution is 2.16. The minimum atomic E-state index is -2.91. The van der Waals surface area contributed by atoms with Crippen LogP contribution in [0.3, 0.4) is 0 Å². The second kappa shape index (κ2) is 6.21. The fraction of sp³-hybridized carbons (Fsp3) is 0.538. The zero-order chi connectivity index (χ0) is 14.6. The van der Waals surface area contributed by atoms with Crippen molar-refractivity contribution < 1.29 is 13.2 Å². The Morgan fingerprint density at radius 1 is 1.40 bits per heavy atom. The van der Waals surface area contributed by atoms with Gasteiger partial charge in [0.25, 0.3) is 5.91 Å². The Balaban J connectivity index is 2.02. The second-order valence-electron chi connectivity index (χ2n) is 4.85. The van der Waals surface area contributed by atoms with Crippen LogP contribution in [0.25, 0.3) is 0 Å². The molecule has 0 atom stereocenters. The van der Waals surface area contributed by atoms with Gasteiger partial charge in [0.1, 0.15) is 9.84 Å². The molecule has 1 aliphatic rings. The Kier molecular flexibility index (Phi) is 4.59. The molecule has 0 unspecified atom stereocenters. The Morgan fingerprint density at radius 3 is 2.75 bits per heavy atom. The maximum atomic E-state index is 12.2. The highest BCUT2D eigenvalue weighted by Gasteiger charge is 2.25. The number of hydrogen-bond acceptors (Lipinski definition) is 5. The number of anilines is 1. The lowest BCUT2D eigenvalue weighted by atomic mass is 10.1. The van der Waals surface area contributed by atoms with Crippen LogP contribution in [0.15, 0.2) is 18.5 Å². The van der Waals surface area contributed by atoms with Crippen LogP contribution in [0.1, 0.15) is 30.1 Å². The summed E-state index contributed by atoms with van der Waals surface area (Å²) in [6.45, 7) is 2.65. The lowest BCUT2D eigenvalue weighted by molar-refractivity contribution is 0.0935. The Hall–Kier alpha value is -1.63. The molecule has 6 nitrogen and oxygen atoms in total. The van der Waals surface area contributed by atoms with E-state index >= 15 is 0 Å². The summed E-state index contributed by atoms with van der Waals surface area (Å²) in [6, 6.07) is 1.58. The van der Waals surface area contributed by atoms with Crippen LogP contribution in [0.4, 0.5) is 5.69 Å². The molecule has 1 amide bonds. The molecule has 1 aromatic rings. The van der Waals surface area contributed by atoms with Crippen molar-refractivity contribution in [3.05, 3.63) is 24.0 Å². The molecule has 2 N–H and O–H groups in total. The molecule has 0 aromatic carbocycles. The number of sulfone groups is 1. The van der Waals surface area contributed by atoms with Crippen molar-refractivity contribution in [3.63, 3.8) is 0 Å². The molecule has 1 aromatic heterocycles. The van der Waals surface area contributed by atoms with Crippen LogP contribution >= 0.6 is 0 Å². The first-order chi connectivity index (χ1) is 9.52. The lowest BCUT2D eigenvalue weighted by Crippen LogP contribution is -2.41. The Labute approximate surface area is 118 Å². The molecular formula is C13H19N3O3S. The van der Waals surface area contributed by atoms with Crippen molar-refractivity contribution in [3.8, 4) is 0 Å². The van der Waals surface area contributed by atoms with Gasteiger partial charge in [-0.3, -0.25) is 9.78 Å². The number of rotatable bonds is 4. The average molecular weight is 297 g/mol. The van der Waals surface area contributed by atoms with E-state index in [-0.39, 0.29) is 23.5 Å². The van der Waals surface area contributed by atoms with Gasteiger partial charge in [0.2, 0.25) is 0 Å². The fourth-order valence-electron chi connectivity index (χ4n) is 2.22. The van der Waals surface area contributed by atoms with Crippen molar-refractivity contribution in [1.82, 2.24) is 10.3 Å². The van der Waals surface area contributed by atoms with Crippen LogP contribution in [0, 0.1) is 0 Å². The molecular weight excluding hydrogens is 278 g/mol. The summed E-state index contributed by atoms with van der Waals surface area (Å²) in [5.74, 6) is 0.107. The van der Waals surface area contributed by atoms with Crippen LogP contribution < -0.4 is 10.6 Å². The van der Waals surface area contributed by atoms with Crippen LogP contribution in [-0.4, -0.2) is 43.4 Å². The quantitative estimate of drug-likeness (QED) is 0.859. The molecule has 110 valence electrons. The number of amides is 1. The number of hydrogen-bond donors (Lipinski definition) is 2. The van der Waals surface area contributed by atoms with Gasteiger partial charge in [-0.15, -0.1) is 0 Å². The summed E-state index contributed by atoms with van der Waals surface area (Å²) in [7, 11) is -2.91. The lowest BCUT2D eigenvalue weighted by Gasteiger charge is -2.23. The van der Waals surface area contributed by atoms with Crippen molar-refractivity contribution >= 4 is 21.4 Å². The van der Waals surface area contributed by atoms with Gasteiger partial charge in [0, 0.05) is 18.8 Å². The molecule has 0 saturated carbocycles. The normalized spacial score (nSPS) is 18.4. The van der Waals surface area contributed by atoms with Crippen LogP contribution in [0.5, 0.6) is 0 Å². The predicted molar refractivity (Wildman–Crippen MR) is 77.5 cm³/mol. The van der Waals surface area contributed by atoms with Gasteiger partial charge in [0.15, 0.2) is 0 Å². The minimum Gasteiger partial charge on any atom is -0.383 e. The average Bonchev–Trinajstić information content (AvgIpc) is 2.42. The van der Waals surface area contributed by atoms with Gasteiger partial charge < -0.3 is 10.6 Å². The first-order valence-corrected chi connectivity index (χ1v) is 8.53. The molecule has 20 heavy (non-hydrogen) atoms. The maximum Gasteiger partial charge on any atom is 0.253 e. The molecule has 0 aliphatic carbocycles. The van der Waals surface area contributed by atoms with E-state index in [1.165, 1.54) is 0 Å². The highest BCUT2D eigenvalue weighted by molar-refractivity contribution is 7.91. The first kappa shape index (κ1) is 14.8. The first-order valence-electron chi connectivity index (χ1n) is 6.71. The van der Waals surface area contributed by atoms with Crippen molar-refractivity contribution in [2.24, 2.45) is 0 Å². The topological polar surface area (TPSA) is 88.2 Å². The van der Waals surface area contributed by atoms with Crippen molar-refractivity contribution in [2.45, 2.75) is 25.8 Å². The van der Waals surface area contributed by atoms with Gasteiger partial charge in [-0.2, -0.15) is 0 Å². The highest BCUT2D eigenvalue weighted by atomic mass is 32.2. The molecule has 0 radical (unpaired) electrons. The van der Waals surface area contributed by atoms with E-state index in [4.69, 9.17) is 0 Å². The summed E-state index contributed by atoms with van der Waals surface area (Å²) >= 11 is 0. The van der Waals surface area contributed by atoms with E-state index in [0.717, 1.165) is 0 Å². The molecule has 0 spiro atoms. The molecule has 1 saturated heterocycles. The largest absolute Gasteiger partial charge is 0.383 e. The molecule has 0 bridgehead atoms. The standard InChI is InChI=1S/C13H19N3O3S/c1-2-15-12-9-14-6-3-11(12)13(17)16-10-4-7-20(18,19)8-5-10/h3,6,9-10,15H,2,4-5,7-8H2,1H3,(H,16,17). The maximum absolute atomic E-state index is 12.2. The summed E-state index contributed by atoms with van der Waals surface area (Å²) in [5, 5.41) is 5.99. The number of carbonyl (C=O) groups is 1. The second-order valence-corrected chi connectivity index (χ2v) is 7.15. The van der Waals surface area contributed by atoms with Gasteiger partial charge >= 0.3 is 0 Å². The van der Waals surface area contributed by atoms with E-state index in [0.29, 0.717) is 30.6 Å². The zero-order valence-electron chi connectivity index (χ0n) is 11.4. The number of nitrogens with zero attached hydrogens (tertiary/aromatic N) is 1. The molecule has 2 heterocycles. The molecule has 1 aliphatic heterocycles. The third kappa shape index (κ3) is 3.69. The molecule has 2 rings (SSSR count). The van der Waals surface area contributed by atoms with E-state index < -0.39 is 9.84 Å². The van der Waals surface area contributed by atoms with Gasteiger partial charge in [0.05, 0.1) is 29.0 Å². The Morgan fingerprint density at radius 2 is 2.10 bits per heavy atom. The smallest absolute Gasteiger partial charge is 0.253 e. The summed E-state index contributed by atoms with van der Waals surface area (Å²) in [5.41, 5.74) is 1.23. The minimum absolute atomic E-state index is 0.0753.